The Morgan fingerprint density at radius 1 is 0.828 bits per heavy atom. The van der Waals surface area contributed by atoms with Gasteiger partial charge in [-0.2, -0.15) is 0 Å². The molecule has 154 valence electrons. The SMILES string of the molecule is C[C@H](C(=O)N1CCN(c2ccccc2)CC1)N1CCN(C(=O)c2ccco2)CC1. The second kappa shape index (κ2) is 8.69. The van der Waals surface area contributed by atoms with Gasteiger partial charge < -0.3 is 19.1 Å². The van der Waals surface area contributed by atoms with Crippen LogP contribution >= 0.6 is 0 Å². The lowest BCUT2D eigenvalue weighted by molar-refractivity contribution is -0.137. The highest BCUT2D eigenvalue weighted by Gasteiger charge is 2.32. The molecule has 2 aliphatic rings. The Morgan fingerprint density at radius 2 is 1.48 bits per heavy atom. The van der Waals surface area contributed by atoms with Crippen LogP contribution in [0.4, 0.5) is 5.69 Å². The van der Waals surface area contributed by atoms with Crippen molar-refractivity contribution in [3.8, 4) is 0 Å². The number of amides is 2. The summed E-state index contributed by atoms with van der Waals surface area (Å²) in [5.74, 6) is 0.480. The Kier molecular flexibility index (Phi) is 5.85. The van der Waals surface area contributed by atoms with Gasteiger partial charge in [0.05, 0.1) is 12.3 Å². The van der Waals surface area contributed by atoms with Crippen LogP contribution in [0.15, 0.2) is 53.1 Å². The van der Waals surface area contributed by atoms with Gasteiger partial charge in [0.1, 0.15) is 0 Å². The number of furan rings is 1. The molecule has 2 aliphatic heterocycles. The molecule has 7 nitrogen and oxygen atoms in total. The summed E-state index contributed by atoms with van der Waals surface area (Å²) in [5.41, 5.74) is 1.21. The van der Waals surface area contributed by atoms with Crippen molar-refractivity contribution in [1.82, 2.24) is 14.7 Å². The van der Waals surface area contributed by atoms with Gasteiger partial charge in [-0.05, 0) is 31.2 Å². The lowest BCUT2D eigenvalue weighted by atomic mass is 10.1. The largest absolute Gasteiger partial charge is 0.459 e. The maximum absolute atomic E-state index is 13.0. The van der Waals surface area contributed by atoms with E-state index in [0.717, 1.165) is 26.2 Å². The number of hydrogen-bond donors (Lipinski definition) is 0. The molecule has 0 unspecified atom stereocenters. The third kappa shape index (κ3) is 4.29. The van der Waals surface area contributed by atoms with Gasteiger partial charge in [0, 0.05) is 58.0 Å². The lowest BCUT2D eigenvalue weighted by Gasteiger charge is -2.41. The summed E-state index contributed by atoms with van der Waals surface area (Å²) in [6.45, 7) is 7.80. The number of nitrogens with zero attached hydrogens (tertiary/aromatic N) is 4. The van der Waals surface area contributed by atoms with Crippen molar-refractivity contribution in [2.24, 2.45) is 0 Å². The van der Waals surface area contributed by atoms with E-state index in [1.165, 1.54) is 12.0 Å². The lowest BCUT2D eigenvalue weighted by Crippen LogP contribution is -2.58. The van der Waals surface area contributed by atoms with Crippen LogP contribution in [0.2, 0.25) is 0 Å². The van der Waals surface area contributed by atoms with Crippen molar-refractivity contribution in [2.45, 2.75) is 13.0 Å². The Bertz CT molecular complexity index is 808. The number of rotatable bonds is 4. The Balaban J connectivity index is 1.26. The highest BCUT2D eigenvalue weighted by molar-refractivity contribution is 5.91. The summed E-state index contributed by atoms with van der Waals surface area (Å²) >= 11 is 0. The second-order valence-electron chi connectivity index (χ2n) is 7.63. The van der Waals surface area contributed by atoms with Crippen LogP contribution in [0.1, 0.15) is 17.5 Å². The summed E-state index contributed by atoms with van der Waals surface area (Å²) < 4.78 is 5.21. The highest BCUT2D eigenvalue weighted by Crippen LogP contribution is 2.17. The van der Waals surface area contributed by atoms with Gasteiger partial charge >= 0.3 is 0 Å². The van der Waals surface area contributed by atoms with Gasteiger partial charge in [-0.3, -0.25) is 14.5 Å². The van der Waals surface area contributed by atoms with Crippen LogP contribution in [0, 0.1) is 0 Å². The van der Waals surface area contributed by atoms with E-state index in [1.807, 2.05) is 30.0 Å². The van der Waals surface area contributed by atoms with Crippen LogP contribution < -0.4 is 4.90 Å². The zero-order chi connectivity index (χ0) is 20.2. The van der Waals surface area contributed by atoms with E-state index in [1.54, 1.807) is 17.0 Å². The first-order valence-electron chi connectivity index (χ1n) is 10.3. The fraction of sp³-hybridized carbons (Fsp3) is 0.455. The molecule has 0 spiro atoms. The zero-order valence-electron chi connectivity index (χ0n) is 16.9. The van der Waals surface area contributed by atoms with Gasteiger partial charge in [-0.25, -0.2) is 0 Å². The standard InChI is InChI=1S/C22H28N4O3/c1-18(23-9-13-26(14-10-23)22(28)20-8-5-17-29-20)21(27)25-15-11-24(12-16-25)19-6-3-2-4-7-19/h2-8,17-18H,9-16H2,1H3/t18-/m1/s1. The maximum Gasteiger partial charge on any atom is 0.289 e. The number of hydrogen-bond acceptors (Lipinski definition) is 5. The summed E-state index contributed by atoms with van der Waals surface area (Å²) in [5, 5.41) is 0. The van der Waals surface area contributed by atoms with E-state index in [2.05, 4.69) is 21.9 Å². The molecule has 0 radical (unpaired) electrons. The summed E-state index contributed by atoms with van der Waals surface area (Å²) in [6.07, 6.45) is 1.52. The van der Waals surface area contributed by atoms with Gasteiger partial charge in [0.25, 0.3) is 5.91 Å². The first kappa shape index (κ1) is 19.5. The molecule has 0 saturated carbocycles. The third-order valence-corrected chi connectivity index (χ3v) is 5.95. The monoisotopic (exact) mass is 396 g/mol. The predicted molar refractivity (Wildman–Crippen MR) is 111 cm³/mol. The maximum atomic E-state index is 13.0. The van der Waals surface area contributed by atoms with Gasteiger partial charge in [-0.1, -0.05) is 18.2 Å². The van der Waals surface area contributed by atoms with E-state index >= 15 is 0 Å². The zero-order valence-corrected chi connectivity index (χ0v) is 16.9. The van der Waals surface area contributed by atoms with Crippen LogP contribution in [-0.2, 0) is 4.79 Å². The van der Waals surface area contributed by atoms with E-state index in [9.17, 15) is 9.59 Å². The van der Waals surface area contributed by atoms with E-state index in [4.69, 9.17) is 4.42 Å². The molecule has 2 aromatic rings. The molecule has 0 aliphatic carbocycles. The van der Waals surface area contributed by atoms with Crippen LogP contribution in [0.5, 0.6) is 0 Å². The van der Waals surface area contributed by atoms with Gasteiger partial charge in [0.2, 0.25) is 5.91 Å². The average Bonchev–Trinajstić information content (AvgIpc) is 3.33. The van der Waals surface area contributed by atoms with Crippen LogP contribution in [0.3, 0.4) is 0 Å². The molecule has 2 amide bonds. The molecule has 1 atom stereocenters. The van der Waals surface area contributed by atoms with Crippen molar-refractivity contribution < 1.29 is 14.0 Å². The molecule has 2 saturated heterocycles. The molecule has 4 rings (SSSR count). The van der Waals surface area contributed by atoms with E-state index in [0.29, 0.717) is 31.9 Å². The number of piperazine rings is 2. The average molecular weight is 396 g/mol. The van der Waals surface area contributed by atoms with Crippen molar-refractivity contribution in [3.63, 3.8) is 0 Å². The molecular formula is C22H28N4O3. The minimum atomic E-state index is -0.167. The fourth-order valence-corrected chi connectivity index (χ4v) is 4.11. The number of carbonyl (C=O) groups excluding carboxylic acids is 2. The Morgan fingerprint density at radius 3 is 2.10 bits per heavy atom. The molecule has 0 N–H and O–H groups in total. The summed E-state index contributed by atoms with van der Waals surface area (Å²) in [4.78, 5) is 33.7. The third-order valence-electron chi connectivity index (χ3n) is 5.95. The van der Waals surface area contributed by atoms with E-state index < -0.39 is 0 Å². The van der Waals surface area contributed by atoms with Gasteiger partial charge in [0.15, 0.2) is 5.76 Å². The number of anilines is 1. The molecule has 29 heavy (non-hydrogen) atoms. The van der Waals surface area contributed by atoms with E-state index in [-0.39, 0.29) is 17.9 Å². The fourth-order valence-electron chi connectivity index (χ4n) is 4.11. The van der Waals surface area contributed by atoms with Crippen molar-refractivity contribution in [3.05, 3.63) is 54.5 Å². The van der Waals surface area contributed by atoms with Crippen molar-refractivity contribution >= 4 is 17.5 Å². The van der Waals surface area contributed by atoms with Crippen molar-refractivity contribution in [2.75, 3.05) is 57.3 Å². The summed E-state index contributed by atoms with van der Waals surface area (Å²) in [6, 6.07) is 13.6. The topological polar surface area (TPSA) is 60.2 Å². The normalized spacial score (nSPS) is 19.3. The minimum Gasteiger partial charge on any atom is -0.459 e. The Hall–Kier alpha value is -2.80. The first-order chi connectivity index (χ1) is 14.1. The molecule has 1 aromatic heterocycles. The highest BCUT2D eigenvalue weighted by atomic mass is 16.3. The number of carbonyl (C=O) groups is 2. The smallest absolute Gasteiger partial charge is 0.289 e. The quantitative estimate of drug-likeness (QED) is 0.788. The predicted octanol–water partition coefficient (Wildman–Crippen LogP) is 1.77. The molecule has 2 fully saturated rings. The second-order valence-corrected chi connectivity index (χ2v) is 7.63. The Labute approximate surface area is 171 Å². The minimum absolute atomic E-state index is 0.0781. The molecular weight excluding hydrogens is 368 g/mol. The van der Waals surface area contributed by atoms with Gasteiger partial charge in [-0.15, -0.1) is 0 Å². The molecule has 3 heterocycles. The number of para-hydroxylation sites is 1. The summed E-state index contributed by atoms with van der Waals surface area (Å²) in [7, 11) is 0. The van der Waals surface area contributed by atoms with Crippen LogP contribution in [-0.4, -0.2) is 84.9 Å². The molecule has 0 bridgehead atoms. The molecule has 1 aromatic carbocycles. The van der Waals surface area contributed by atoms with Crippen LogP contribution in [0.25, 0.3) is 0 Å². The first-order valence-corrected chi connectivity index (χ1v) is 10.3. The molecule has 7 heteroatoms. The number of benzene rings is 1. The van der Waals surface area contributed by atoms with Crippen molar-refractivity contribution in [1.29, 1.82) is 0 Å².